The molecule has 0 unspecified atom stereocenters. The Bertz CT molecular complexity index is 612. The van der Waals surface area contributed by atoms with Crippen LogP contribution in [0.3, 0.4) is 0 Å². The van der Waals surface area contributed by atoms with Gasteiger partial charge in [0.15, 0.2) is 0 Å². The molecular formula is C13H14FN3OS. The second-order valence-corrected chi connectivity index (χ2v) is 4.83. The van der Waals surface area contributed by atoms with Gasteiger partial charge in [-0.15, -0.1) is 12.6 Å². The van der Waals surface area contributed by atoms with Crippen molar-refractivity contribution in [3.05, 3.63) is 47.5 Å². The molecule has 2 rings (SSSR count). The normalized spacial score (nSPS) is 10.5. The number of rotatable bonds is 3. The van der Waals surface area contributed by atoms with Crippen LogP contribution in [-0.4, -0.2) is 27.6 Å². The summed E-state index contributed by atoms with van der Waals surface area (Å²) in [4.78, 5) is 13.9. The first-order valence-electron chi connectivity index (χ1n) is 5.69. The third-order valence-corrected chi connectivity index (χ3v) is 3.06. The van der Waals surface area contributed by atoms with E-state index < -0.39 is 5.82 Å². The van der Waals surface area contributed by atoms with Gasteiger partial charge >= 0.3 is 0 Å². The average Bonchev–Trinajstić information content (AvgIpc) is 2.77. The van der Waals surface area contributed by atoms with Crippen LogP contribution >= 0.6 is 12.6 Å². The molecule has 1 heterocycles. The molecule has 19 heavy (non-hydrogen) atoms. The van der Waals surface area contributed by atoms with Crippen molar-refractivity contribution >= 4 is 18.5 Å². The van der Waals surface area contributed by atoms with Crippen molar-refractivity contribution in [2.75, 3.05) is 7.05 Å². The SMILES string of the molecule is CN(Cc1cnn(C)c1)C(=O)c1ccc(F)c(S)c1. The number of amides is 1. The van der Waals surface area contributed by atoms with Crippen LogP contribution in [0, 0.1) is 5.82 Å². The van der Waals surface area contributed by atoms with Crippen LogP contribution in [0.4, 0.5) is 4.39 Å². The lowest BCUT2D eigenvalue weighted by Gasteiger charge is -2.16. The Morgan fingerprint density at radius 2 is 2.26 bits per heavy atom. The van der Waals surface area contributed by atoms with Crippen LogP contribution in [0.15, 0.2) is 35.5 Å². The number of carbonyl (C=O) groups excluding carboxylic acids is 1. The number of aromatic nitrogens is 2. The number of carbonyl (C=O) groups is 1. The molecule has 0 radical (unpaired) electrons. The third-order valence-electron chi connectivity index (χ3n) is 2.72. The zero-order valence-electron chi connectivity index (χ0n) is 10.7. The van der Waals surface area contributed by atoms with Gasteiger partial charge in [-0.25, -0.2) is 4.39 Å². The van der Waals surface area contributed by atoms with E-state index in [-0.39, 0.29) is 10.8 Å². The lowest BCUT2D eigenvalue weighted by Crippen LogP contribution is -2.26. The van der Waals surface area contributed by atoms with Crippen molar-refractivity contribution in [1.29, 1.82) is 0 Å². The van der Waals surface area contributed by atoms with E-state index in [0.717, 1.165) is 5.56 Å². The van der Waals surface area contributed by atoms with Crippen molar-refractivity contribution in [2.24, 2.45) is 7.05 Å². The minimum absolute atomic E-state index is 0.167. The second-order valence-electron chi connectivity index (χ2n) is 4.35. The molecule has 100 valence electrons. The van der Waals surface area contributed by atoms with E-state index in [0.29, 0.717) is 12.1 Å². The largest absolute Gasteiger partial charge is 0.337 e. The first-order valence-corrected chi connectivity index (χ1v) is 6.13. The van der Waals surface area contributed by atoms with Crippen molar-refractivity contribution in [2.45, 2.75) is 11.4 Å². The van der Waals surface area contributed by atoms with E-state index in [1.165, 1.54) is 18.2 Å². The number of aryl methyl sites for hydroxylation is 1. The van der Waals surface area contributed by atoms with Gasteiger partial charge in [-0.3, -0.25) is 9.48 Å². The summed E-state index contributed by atoms with van der Waals surface area (Å²) in [6.07, 6.45) is 3.55. The fourth-order valence-corrected chi connectivity index (χ4v) is 1.98. The van der Waals surface area contributed by atoms with Crippen molar-refractivity contribution in [3.63, 3.8) is 0 Å². The topological polar surface area (TPSA) is 38.1 Å². The highest BCUT2D eigenvalue weighted by atomic mass is 32.1. The molecular weight excluding hydrogens is 265 g/mol. The molecule has 0 bridgehead atoms. The van der Waals surface area contributed by atoms with Crippen molar-refractivity contribution in [3.8, 4) is 0 Å². The standard InChI is InChI=1S/C13H14FN3OS/c1-16(7-9-6-15-17(2)8-9)13(18)10-3-4-11(14)12(19)5-10/h3-6,8,19H,7H2,1-2H3. The summed E-state index contributed by atoms with van der Waals surface area (Å²) in [7, 11) is 3.51. The maximum Gasteiger partial charge on any atom is 0.253 e. The quantitative estimate of drug-likeness (QED) is 0.874. The highest BCUT2D eigenvalue weighted by molar-refractivity contribution is 7.80. The number of nitrogens with zero attached hydrogens (tertiary/aromatic N) is 3. The molecule has 0 saturated carbocycles. The van der Waals surface area contributed by atoms with Gasteiger partial charge in [-0.2, -0.15) is 5.10 Å². The van der Waals surface area contributed by atoms with Crippen LogP contribution in [0.25, 0.3) is 0 Å². The highest BCUT2D eigenvalue weighted by Crippen LogP contribution is 2.16. The summed E-state index contributed by atoms with van der Waals surface area (Å²) in [5.74, 6) is -0.617. The molecule has 1 aromatic carbocycles. The van der Waals surface area contributed by atoms with Crippen molar-refractivity contribution < 1.29 is 9.18 Å². The zero-order valence-corrected chi connectivity index (χ0v) is 11.6. The van der Waals surface area contributed by atoms with E-state index in [2.05, 4.69) is 17.7 Å². The van der Waals surface area contributed by atoms with Crippen LogP contribution in [-0.2, 0) is 13.6 Å². The maximum atomic E-state index is 13.1. The van der Waals surface area contributed by atoms with Gasteiger partial charge < -0.3 is 4.90 Å². The van der Waals surface area contributed by atoms with E-state index in [1.807, 2.05) is 13.2 Å². The monoisotopic (exact) mass is 279 g/mol. The lowest BCUT2D eigenvalue weighted by atomic mass is 10.2. The van der Waals surface area contributed by atoms with Gasteiger partial charge in [-0.1, -0.05) is 0 Å². The zero-order chi connectivity index (χ0) is 14.0. The Kier molecular flexibility index (Phi) is 3.90. The Balaban J connectivity index is 2.12. The molecule has 0 aliphatic rings. The number of hydrogen-bond acceptors (Lipinski definition) is 3. The van der Waals surface area contributed by atoms with Gasteiger partial charge in [0.05, 0.1) is 6.20 Å². The molecule has 2 aromatic rings. The molecule has 6 heteroatoms. The fourth-order valence-electron chi connectivity index (χ4n) is 1.77. The first kappa shape index (κ1) is 13.6. The molecule has 0 atom stereocenters. The smallest absolute Gasteiger partial charge is 0.253 e. The predicted octanol–water partition coefficient (Wildman–Crippen LogP) is 2.12. The van der Waals surface area contributed by atoms with Gasteiger partial charge in [0.1, 0.15) is 5.82 Å². The van der Waals surface area contributed by atoms with Gasteiger partial charge in [0.2, 0.25) is 0 Å². The van der Waals surface area contributed by atoms with Crippen LogP contribution in [0.5, 0.6) is 0 Å². The Morgan fingerprint density at radius 3 is 2.84 bits per heavy atom. The number of benzene rings is 1. The third kappa shape index (κ3) is 3.14. The summed E-state index contributed by atoms with van der Waals surface area (Å²) < 4.78 is 14.8. The molecule has 1 aromatic heterocycles. The average molecular weight is 279 g/mol. The summed E-state index contributed by atoms with van der Waals surface area (Å²) in [5.41, 5.74) is 1.35. The number of thiol groups is 1. The number of halogens is 1. The van der Waals surface area contributed by atoms with Crippen LogP contribution in [0.1, 0.15) is 15.9 Å². The van der Waals surface area contributed by atoms with Crippen LogP contribution < -0.4 is 0 Å². The molecule has 0 aliphatic heterocycles. The molecule has 1 amide bonds. The van der Waals surface area contributed by atoms with Crippen molar-refractivity contribution in [1.82, 2.24) is 14.7 Å². The van der Waals surface area contributed by atoms with Crippen LogP contribution in [0.2, 0.25) is 0 Å². The molecule has 0 aliphatic carbocycles. The Hall–Kier alpha value is -1.82. The molecule has 0 fully saturated rings. The highest BCUT2D eigenvalue weighted by Gasteiger charge is 2.14. The van der Waals surface area contributed by atoms with E-state index in [4.69, 9.17) is 0 Å². The second kappa shape index (κ2) is 5.44. The van der Waals surface area contributed by atoms with Gasteiger partial charge in [0.25, 0.3) is 5.91 Å². The van der Waals surface area contributed by atoms with E-state index in [1.54, 1.807) is 22.8 Å². The van der Waals surface area contributed by atoms with E-state index in [9.17, 15) is 9.18 Å². The lowest BCUT2D eigenvalue weighted by molar-refractivity contribution is 0.0784. The molecule has 0 saturated heterocycles. The fraction of sp³-hybridized carbons (Fsp3) is 0.231. The van der Waals surface area contributed by atoms with Gasteiger partial charge in [-0.05, 0) is 18.2 Å². The Labute approximate surface area is 116 Å². The molecule has 0 spiro atoms. The van der Waals surface area contributed by atoms with E-state index >= 15 is 0 Å². The summed E-state index contributed by atoms with van der Waals surface area (Å²) >= 11 is 3.97. The van der Waals surface area contributed by atoms with Gasteiger partial charge in [0, 0.05) is 42.9 Å². The molecule has 0 N–H and O–H groups in total. The maximum absolute atomic E-state index is 13.1. The molecule has 4 nitrogen and oxygen atoms in total. The minimum Gasteiger partial charge on any atom is -0.337 e. The minimum atomic E-state index is -0.435. The summed E-state index contributed by atoms with van der Waals surface area (Å²) in [5, 5.41) is 4.04. The predicted molar refractivity (Wildman–Crippen MR) is 72.7 cm³/mol. The number of hydrogen-bond donors (Lipinski definition) is 1. The summed E-state index contributed by atoms with van der Waals surface area (Å²) in [6, 6.07) is 4.13. The Morgan fingerprint density at radius 1 is 1.53 bits per heavy atom. The first-order chi connectivity index (χ1) is 8.97. The summed E-state index contributed by atoms with van der Waals surface area (Å²) in [6.45, 7) is 0.450.